The summed E-state index contributed by atoms with van der Waals surface area (Å²) in [5, 5.41) is 9.59. The molecule has 0 saturated heterocycles. The van der Waals surface area contributed by atoms with Crippen molar-refractivity contribution in [2.75, 3.05) is 19.8 Å². The highest BCUT2D eigenvalue weighted by atomic mass is 16.6. The fraction of sp³-hybridized carbons (Fsp3) is 0.800. The second-order valence-electron chi connectivity index (χ2n) is 14.0. The fourth-order valence-electron chi connectivity index (χ4n) is 5.98. The van der Waals surface area contributed by atoms with Crippen molar-refractivity contribution in [3.63, 3.8) is 0 Å². The monoisotopic (exact) mass is 687 g/mol. The maximum absolute atomic E-state index is 12.2. The molecule has 0 aliphatic heterocycles. The summed E-state index contributed by atoms with van der Waals surface area (Å²) in [6.45, 7) is 5.22. The summed E-state index contributed by atoms with van der Waals surface area (Å²) in [5.41, 5.74) is 0. The summed E-state index contributed by atoms with van der Waals surface area (Å²) in [7, 11) is 0. The molecule has 0 aromatic carbocycles. The standard InChI is InChI=1S/C45H82O4/c1-3-5-7-9-11-13-15-17-19-21-22-23-24-25-26-28-30-32-34-36-38-40-45(47)49-44(42-46)43-48-41-39-37-35-33-31-29-27-20-18-16-14-12-10-8-6-4-2/h6,8,12,14,18,20-22,44,46H,3-5,7,9-11,13,15-17,19,23-43H2,1-2H3/b8-6-,14-12-,20-18-,22-21-. The van der Waals surface area contributed by atoms with Crippen LogP contribution in [0.3, 0.4) is 0 Å². The molecule has 1 atom stereocenters. The van der Waals surface area contributed by atoms with Gasteiger partial charge in [-0.25, -0.2) is 0 Å². The summed E-state index contributed by atoms with van der Waals surface area (Å²) in [6.07, 6.45) is 54.5. The quantitative estimate of drug-likeness (QED) is 0.0397. The van der Waals surface area contributed by atoms with Gasteiger partial charge in [0.05, 0.1) is 13.2 Å². The Morgan fingerprint density at radius 2 is 0.918 bits per heavy atom. The van der Waals surface area contributed by atoms with Crippen molar-refractivity contribution in [1.82, 2.24) is 0 Å². The van der Waals surface area contributed by atoms with Crippen molar-refractivity contribution < 1.29 is 19.4 Å². The molecule has 286 valence electrons. The number of unbranched alkanes of at least 4 members (excludes halogenated alkanes) is 23. The molecule has 0 aliphatic rings. The van der Waals surface area contributed by atoms with Crippen LogP contribution in [0.2, 0.25) is 0 Å². The predicted molar refractivity (Wildman–Crippen MR) is 214 cm³/mol. The van der Waals surface area contributed by atoms with E-state index in [1.807, 2.05) is 0 Å². The van der Waals surface area contributed by atoms with E-state index in [1.54, 1.807) is 0 Å². The van der Waals surface area contributed by atoms with Gasteiger partial charge in [0.2, 0.25) is 0 Å². The molecule has 1 unspecified atom stereocenters. The number of carbonyl (C=O) groups excluding carboxylic acids is 1. The lowest BCUT2D eigenvalue weighted by Crippen LogP contribution is -2.27. The SMILES string of the molecule is CC/C=C\C/C=C\C/C=C\CCCCCCCCOCC(CO)OC(=O)CCCCCCCCCCC/C=C\CCCCCCCCCC. The van der Waals surface area contributed by atoms with Crippen molar-refractivity contribution in [2.24, 2.45) is 0 Å². The Morgan fingerprint density at radius 1 is 0.510 bits per heavy atom. The van der Waals surface area contributed by atoms with Crippen LogP contribution in [0.4, 0.5) is 0 Å². The van der Waals surface area contributed by atoms with Gasteiger partial charge in [0.15, 0.2) is 0 Å². The smallest absolute Gasteiger partial charge is 0.306 e. The number of hydrogen-bond acceptors (Lipinski definition) is 4. The molecule has 0 radical (unpaired) electrons. The van der Waals surface area contributed by atoms with Gasteiger partial charge in [0, 0.05) is 13.0 Å². The molecular formula is C45H82O4. The first kappa shape index (κ1) is 47.4. The number of aliphatic hydroxyl groups excluding tert-OH is 1. The van der Waals surface area contributed by atoms with E-state index in [1.165, 1.54) is 141 Å². The first-order chi connectivity index (χ1) is 24.2. The van der Waals surface area contributed by atoms with Crippen molar-refractivity contribution in [3.8, 4) is 0 Å². The topological polar surface area (TPSA) is 55.8 Å². The maximum Gasteiger partial charge on any atom is 0.306 e. The molecule has 0 spiro atoms. The first-order valence-electron chi connectivity index (χ1n) is 21.2. The lowest BCUT2D eigenvalue weighted by atomic mass is 10.1. The lowest BCUT2D eigenvalue weighted by molar-refractivity contribution is -0.154. The van der Waals surface area contributed by atoms with E-state index in [0.29, 0.717) is 13.0 Å². The zero-order valence-corrected chi connectivity index (χ0v) is 32.7. The molecule has 0 heterocycles. The molecule has 4 nitrogen and oxygen atoms in total. The van der Waals surface area contributed by atoms with Crippen molar-refractivity contribution in [3.05, 3.63) is 48.6 Å². The van der Waals surface area contributed by atoms with Gasteiger partial charge in [0.25, 0.3) is 0 Å². The third-order valence-electron chi connectivity index (χ3n) is 9.14. The molecule has 49 heavy (non-hydrogen) atoms. The molecule has 0 aliphatic carbocycles. The van der Waals surface area contributed by atoms with Crippen LogP contribution < -0.4 is 0 Å². The number of carbonyl (C=O) groups is 1. The molecule has 0 aromatic heterocycles. The van der Waals surface area contributed by atoms with Gasteiger partial charge in [-0.05, 0) is 70.6 Å². The van der Waals surface area contributed by atoms with Crippen LogP contribution in [-0.2, 0) is 14.3 Å². The van der Waals surface area contributed by atoms with Gasteiger partial charge in [-0.15, -0.1) is 0 Å². The zero-order valence-electron chi connectivity index (χ0n) is 32.7. The van der Waals surface area contributed by atoms with E-state index < -0.39 is 6.10 Å². The minimum Gasteiger partial charge on any atom is -0.457 e. The Balaban J connectivity index is 3.44. The first-order valence-corrected chi connectivity index (χ1v) is 21.2. The fourth-order valence-corrected chi connectivity index (χ4v) is 5.98. The van der Waals surface area contributed by atoms with E-state index in [4.69, 9.17) is 9.47 Å². The molecule has 0 bridgehead atoms. The van der Waals surface area contributed by atoms with E-state index in [-0.39, 0.29) is 19.2 Å². The number of aliphatic hydroxyl groups is 1. The van der Waals surface area contributed by atoms with E-state index >= 15 is 0 Å². The minimum atomic E-state index is -0.542. The number of hydrogen-bond donors (Lipinski definition) is 1. The van der Waals surface area contributed by atoms with Gasteiger partial charge in [-0.2, -0.15) is 0 Å². The minimum absolute atomic E-state index is 0.178. The third-order valence-corrected chi connectivity index (χ3v) is 9.14. The Bertz CT molecular complexity index is 768. The largest absolute Gasteiger partial charge is 0.457 e. The van der Waals surface area contributed by atoms with Crippen LogP contribution in [0, 0.1) is 0 Å². The number of esters is 1. The zero-order chi connectivity index (χ0) is 35.6. The van der Waals surface area contributed by atoms with Crippen LogP contribution in [0.1, 0.15) is 206 Å². The molecule has 0 aromatic rings. The Hall–Kier alpha value is -1.65. The summed E-state index contributed by atoms with van der Waals surface area (Å²) in [4.78, 5) is 12.2. The average Bonchev–Trinajstić information content (AvgIpc) is 3.11. The van der Waals surface area contributed by atoms with Crippen LogP contribution in [0.5, 0.6) is 0 Å². The van der Waals surface area contributed by atoms with Crippen molar-refractivity contribution in [1.29, 1.82) is 0 Å². The molecule has 0 saturated carbocycles. The highest BCUT2D eigenvalue weighted by Crippen LogP contribution is 2.14. The van der Waals surface area contributed by atoms with Gasteiger partial charge >= 0.3 is 5.97 Å². The van der Waals surface area contributed by atoms with Crippen LogP contribution >= 0.6 is 0 Å². The molecule has 4 heteroatoms. The van der Waals surface area contributed by atoms with Crippen LogP contribution in [0.15, 0.2) is 48.6 Å². The highest BCUT2D eigenvalue weighted by Gasteiger charge is 2.13. The molecule has 0 rings (SSSR count). The van der Waals surface area contributed by atoms with Crippen LogP contribution in [-0.4, -0.2) is 37.0 Å². The third kappa shape index (κ3) is 40.7. The van der Waals surface area contributed by atoms with Gasteiger partial charge < -0.3 is 14.6 Å². The predicted octanol–water partition coefficient (Wildman–Crippen LogP) is 13.9. The molecule has 1 N–H and O–H groups in total. The van der Waals surface area contributed by atoms with Crippen molar-refractivity contribution >= 4 is 5.97 Å². The van der Waals surface area contributed by atoms with E-state index in [9.17, 15) is 9.90 Å². The summed E-state index contributed by atoms with van der Waals surface area (Å²) in [5.74, 6) is -0.208. The molecular weight excluding hydrogens is 604 g/mol. The summed E-state index contributed by atoms with van der Waals surface area (Å²) in [6, 6.07) is 0. The molecule has 0 amide bonds. The normalized spacial score (nSPS) is 12.8. The lowest BCUT2D eigenvalue weighted by Gasteiger charge is -2.15. The second-order valence-corrected chi connectivity index (χ2v) is 14.0. The number of ether oxygens (including phenoxy) is 2. The Labute approximate surface area is 305 Å². The van der Waals surface area contributed by atoms with Gasteiger partial charge in [-0.1, -0.05) is 178 Å². The molecule has 0 fully saturated rings. The Kier molecular flexibility index (Phi) is 41.1. The summed E-state index contributed by atoms with van der Waals surface area (Å²) < 4.78 is 11.1. The van der Waals surface area contributed by atoms with E-state index in [0.717, 1.165) is 44.9 Å². The van der Waals surface area contributed by atoms with Crippen molar-refractivity contribution in [2.45, 2.75) is 213 Å². The number of rotatable bonds is 39. The van der Waals surface area contributed by atoms with Gasteiger partial charge in [0.1, 0.15) is 6.10 Å². The Morgan fingerprint density at radius 3 is 1.41 bits per heavy atom. The summed E-state index contributed by atoms with van der Waals surface area (Å²) >= 11 is 0. The highest BCUT2D eigenvalue weighted by molar-refractivity contribution is 5.69. The second kappa shape index (κ2) is 42.5. The maximum atomic E-state index is 12.2. The average molecular weight is 687 g/mol. The van der Waals surface area contributed by atoms with E-state index in [2.05, 4.69) is 62.5 Å². The number of allylic oxidation sites excluding steroid dienone is 8. The van der Waals surface area contributed by atoms with Crippen LogP contribution in [0.25, 0.3) is 0 Å². The van der Waals surface area contributed by atoms with Gasteiger partial charge in [-0.3, -0.25) is 4.79 Å².